The molecule has 0 radical (unpaired) electrons. The minimum Gasteiger partial charge on any atom is -0.354 e. The molecule has 6 aromatic rings. The zero-order chi connectivity index (χ0) is 42.1. The van der Waals surface area contributed by atoms with Gasteiger partial charge in [-0.2, -0.15) is 0 Å². The molecule has 0 aliphatic carbocycles. The highest BCUT2D eigenvalue weighted by Gasteiger charge is 2.17. The van der Waals surface area contributed by atoms with E-state index in [2.05, 4.69) is 173 Å². The Morgan fingerprint density at radius 3 is 0.895 bits per heavy atom. The number of aromatic nitrogens is 4. The Morgan fingerprint density at radius 2 is 0.667 bits per heavy atom. The van der Waals surface area contributed by atoms with Gasteiger partial charge in [-0.15, -0.1) is 0 Å². The highest BCUT2D eigenvalue weighted by molar-refractivity contribution is 6.28. The maximum absolute atomic E-state index is 6.30. The summed E-state index contributed by atoms with van der Waals surface area (Å²) in [7, 11) is 0. The Bertz CT molecular complexity index is 2110. The van der Waals surface area contributed by atoms with Gasteiger partial charge in [-0.1, -0.05) is 84.6 Å². The summed E-state index contributed by atoms with van der Waals surface area (Å²) >= 11 is 6.30. The summed E-state index contributed by atoms with van der Waals surface area (Å²) in [5.74, 6) is 0.702. The SMILES string of the molecule is CCCN.CCCNc1nc(-c2c(C)cc(C)cc2C)cc(-c2c(C)cc(C)cc2C)n1.Cc1cc(C)c(-c2cc(-c3c(C)cc(C)cc3C)nc(Cl)n2)c(C)c1. The Balaban J connectivity index is 0.000000232. The Hall–Kier alpha value is -4.91. The highest BCUT2D eigenvalue weighted by atomic mass is 35.5. The van der Waals surface area contributed by atoms with Gasteiger partial charge < -0.3 is 11.1 Å². The van der Waals surface area contributed by atoms with Crippen LogP contribution in [-0.2, 0) is 0 Å². The zero-order valence-corrected chi connectivity index (χ0v) is 37.6. The van der Waals surface area contributed by atoms with Crippen molar-refractivity contribution in [2.24, 2.45) is 5.73 Å². The predicted octanol–water partition coefficient (Wildman–Crippen LogP) is 13.2. The van der Waals surface area contributed by atoms with E-state index in [-0.39, 0.29) is 5.28 Å². The molecule has 0 bridgehead atoms. The molecule has 0 saturated heterocycles. The van der Waals surface area contributed by atoms with Crippen molar-refractivity contribution >= 4 is 17.5 Å². The molecule has 6 rings (SSSR count). The van der Waals surface area contributed by atoms with Gasteiger partial charge >= 0.3 is 0 Å². The normalized spacial score (nSPS) is 10.7. The quantitative estimate of drug-likeness (QED) is 0.149. The van der Waals surface area contributed by atoms with Gasteiger partial charge in [-0.05, 0) is 171 Å². The number of aryl methyl sites for hydroxylation is 12. The van der Waals surface area contributed by atoms with Crippen molar-refractivity contribution in [1.29, 1.82) is 0 Å². The van der Waals surface area contributed by atoms with Crippen LogP contribution in [-0.4, -0.2) is 33.0 Å². The molecule has 0 amide bonds. The smallest absolute Gasteiger partial charge is 0.223 e. The van der Waals surface area contributed by atoms with Crippen LogP contribution in [0.25, 0.3) is 45.0 Å². The fourth-order valence-electron chi connectivity index (χ4n) is 8.03. The third-order valence-electron chi connectivity index (χ3n) is 9.98. The van der Waals surface area contributed by atoms with E-state index in [0.29, 0.717) is 5.95 Å². The van der Waals surface area contributed by atoms with Gasteiger partial charge in [0.2, 0.25) is 11.2 Å². The van der Waals surface area contributed by atoms with Crippen molar-refractivity contribution < 1.29 is 0 Å². The first kappa shape index (κ1) is 44.8. The number of anilines is 1. The first-order chi connectivity index (χ1) is 27.0. The van der Waals surface area contributed by atoms with Gasteiger partial charge in [-0.3, -0.25) is 0 Å². The largest absolute Gasteiger partial charge is 0.354 e. The van der Waals surface area contributed by atoms with Crippen molar-refractivity contribution in [3.05, 3.63) is 133 Å². The average molecular weight is 784 g/mol. The second-order valence-corrected chi connectivity index (χ2v) is 16.0. The average Bonchev–Trinajstić information content (AvgIpc) is 3.09. The molecular formula is C50H63ClN6. The molecule has 0 atom stereocenters. The van der Waals surface area contributed by atoms with E-state index in [9.17, 15) is 0 Å². The number of halogens is 1. The number of nitrogens with one attached hydrogen (secondary N) is 1. The lowest BCUT2D eigenvalue weighted by Gasteiger charge is -2.16. The van der Waals surface area contributed by atoms with E-state index in [0.717, 1.165) is 59.8 Å². The molecule has 57 heavy (non-hydrogen) atoms. The van der Waals surface area contributed by atoms with E-state index in [1.54, 1.807) is 0 Å². The summed E-state index contributed by atoms with van der Waals surface area (Å²) in [4.78, 5) is 18.8. The lowest BCUT2D eigenvalue weighted by atomic mass is 9.94. The molecule has 0 aliphatic rings. The second-order valence-electron chi connectivity index (χ2n) is 15.7. The Kier molecular flexibility index (Phi) is 15.7. The predicted molar refractivity (Wildman–Crippen MR) is 246 cm³/mol. The van der Waals surface area contributed by atoms with Crippen LogP contribution in [0.15, 0.2) is 60.7 Å². The molecule has 0 saturated carbocycles. The zero-order valence-electron chi connectivity index (χ0n) is 36.8. The van der Waals surface area contributed by atoms with Crippen molar-refractivity contribution in [1.82, 2.24) is 19.9 Å². The van der Waals surface area contributed by atoms with Gasteiger partial charge in [0.25, 0.3) is 0 Å². The van der Waals surface area contributed by atoms with Crippen LogP contribution in [0.2, 0.25) is 5.28 Å². The van der Waals surface area contributed by atoms with E-state index in [4.69, 9.17) is 27.3 Å². The first-order valence-corrected chi connectivity index (χ1v) is 20.6. The first-order valence-electron chi connectivity index (χ1n) is 20.2. The van der Waals surface area contributed by atoms with Crippen molar-refractivity contribution in [3.8, 4) is 45.0 Å². The van der Waals surface area contributed by atoms with Gasteiger partial charge in [0.15, 0.2) is 0 Å². The van der Waals surface area contributed by atoms with Crippen LogP contribution >= 0.6 is 11.6 Å². The molecule has 0 unspecified atom stereocenters. The maximum Gasteiger partial charge on any atom is 0.223 e. The van der Waals surface area contributed by atoms with Crippen molar-refractivity contribution in [2.45, 2.75) is 110 Å². The van der Waals surface area contributed by atoms with E-state index < -0.39 is 0 Å². The molecule has 0 fully saturated rings. The molecule has 2 heterocycles. The summed E-state index contributed by atoms with van der Waals surface area (Å²) in [5.41, 5.74) is 28.3. The molecule has 2 aromatic heterocycles. The fourth-order valence-corrected chi connectivity index (χ4v) is 8.21. The highest BCUT2D eigenvalue weighted by Crippen LogP contribution is 2.35. The monoisotopic (exact) mass is 782 g/mol. The summed E-state index contributed by atoms with van der Waals surface area (Å²) in [5, 5.41) is 3.68. The summed E-state index contributed by atoms with van der Waals surface area (Å²) < 4.78 is 0. The third kappa shape index (κ3) is 11.4. The lowest BCUT2D eigenvalue weighted by molar-refractivity contribution is 0.932. The fraction of sp³-hybridized carbons (Fsp3) is 0.360. The minimum absolute atomic E-state index is 0.284. The molecule has 0 aliphatic heterocycles. The van der Waals surface area contributed by atoms with E-state index in [1.807, 2.05) is 0 Å². The van der Waals surface area contributed by atoms with Crippen LogP contribution < -0.4 is 11.1 Å². The second kappa shape index (κ2) is 20.0. The van der Waals surface area contributed by atoms with Crippen LogP contribution in [0.4, 0.5) is 5.95 Å². The van der Waals surface area contributed by atoms with Crippen molar-refractivity contribution in [2.75, 3.05) is 18.4 Å². The number of rotatable bonds is 8. The van der Waals surface area contributed by atoms with Crippen LogP contribution in [0.3, 0.4) is 0 Å². The molecule has 0 spiro atoms. The van der Waals surface area contributed by atoms with Gasteiger partial charge in [0, 0.05) is 28.8 Å². The Morgan fingerprint density at radius 1 is 0.421 bits per heavy atom. The maximum atomic E-state index is 6.30. The summed E-state index contributed by atoms with van der Waals surface area (Å²) in [6, 6.07) is 21.8. The topological polar surface area (TPSA) is 89.6 Å². The number of hydrogen-bond donors (Lipinski definition) is 2. The lowest BCUT2D eigenvalue weighted by Crippen LogP contribution is -2.07. The molecule has 3 N–H and O–H groups in total. The summed E-state index contributed by atoms with van der Waals surface area (Å²) in [6.07, 6.45) is 2.13. The van der Waals surface area contributed by atoms with Gasteiger partial charge in [0.05, 0.1) is 22.8 Å². The van der Waals surface area contributed by atoms with Gasteiger partial charge in [0.1, 0.15) is 0 Å². The molecule has 6 nitrogen and oxygen atoms in total. The molecule has 300 valence electrons. The number of hydrogen-bond acceptors (Lipinski definition) is 6. The van der Waals surface area contributed by atoms with Crippen LogP contribution in [0.1, 0.15) is 93.5 Å². The van der Waals surface area contributed by atoms with Crippen LogP contribution in [0.5, 0.6) is 0 Å². The van der Waals surface area contributed by atoms with E-state index in [1.165, 1.54) is 77.9 Å². The van der Waals surface area contributed by atoms with E-state index >= 15 is 0 Å². The Labute approximate surface area is 347 Å². The third-order valence-corrected chi connectivity index (χ3v) is 10.1. The standard InChI is InChI=1S/C25H31N3.C22H23ClN2.C3H9N/c1-8-9-26-25-27-21(23-17(4)10-15(2)11-18(23)5)14-22(28-25)24-19(6)12-16(3)13-20(24)7;1-12-7-14(3)20(15(4)8-12)18-11-19(25-22(23)24-18)21-16(5)9-13(2)10-17(21)6;1-2-3-4/h10-14H,8-9H2,1-7H3,(H,26,27,28);7-11H,1-6H3;2-4H2,1H3. The molecule has 7 heteroatoms. The molecular weight excluding hydrogens is 720 g/mol. The number of nitrogens with two attached hydrogens (primary N) is 1. The minimum atomic E-state index is 0.284. The van der Waals surface area contributed by atoms with Gasteiger partial charge in [-0.25, -0.2) is 19.9 Å². The van der Waals surface area contributed by atoms with Crippen LogP contribution in [0, 0.1) is 83.1 Å². The van der Waals surface area contributed by atoms with Crippen molar-refractivity contribution in [3.63, 3.8) is 0 Å². The number of nitrogens with zero attached hydrogens (tertiary/aromatic N) is 4. The number of benzene rings is 4. The molecule has 4 aromatic carbocycles. The summed E-state index contributed by atoms with van der Waals surface area (Å²) in [6.45, 7) is 31.5.